The van der Waals surface area contributed by atoms with Crippen LogP contribution in [0.1, 0.15) is 33.1 Å². The minimum Gasteiger partial charge on any atom is -0.342 e. The fraction of sp³-hybridized carbons (Fsp3) is 0.750. The molecule has 0 aliphatic carbocycles. The monoisotopic (exact) mass is 282 g/mol. The molecular weight excluding hydrogens is 259 g/mol. The third kappa shape index (κ3) is 5.28. The van der Waals surface area contributed by atoms with Gasteiger partial charge in [-0.15, -0.1) is 31.4 Å². The van der Waals surface area contributed by atoms with Gasteiger partial charge in [0.1, 0.15) is 0 Å². The first-order chi connectivity index (χ1) is 6.97. The lowest BCUT2D eigenvalue weighted by Gasteiger charge is -2.42. The van der Waals surface area contributed by atoms with Crippen LogP contribution >= 0.6 is 24.8 Å². The molecule has 1 fully saturated rings. The van der Waals surface area contributed by atoms with Crippen LogP contribution in [0.25, 0.3) is 0 Å². The Morgan fingerprint density at radius 3 is 2.59 bits per heavy atom. The van der Waals surface area contributed by atoms with E-state index in [1.165, 1.54) is 0 Å². The highest BCUT2D eigenvalue weighted by molar-refractivity contribution is 5.85. The molecule has 0 saturated carbocycles. The molecule has 0 spiro atoms. The highest BCUT2D eigenvalue weighted by Gasteiger charge is 2.34. The molecule has 1 rings (SSSR count). The van der Waals surface area contributed by atoms with Crippen LogP contribution in [-0.4, -0.2) is 29.9 Å². The Hall–Kier alpha value is -0.250. The van der Waals surface area contributed by atoms with E-state index in [2.05, 4.69) is 20.4 Å². The topological polar surface area (TPSA) is 46.3 Å². The van der Waals surface area contributed by atoms with Gasteiger partial charge in [0.05, 0.1) is 0 Å². The van der Waals surface area contributed by atoms with Crippen molar-refractivity contribution in [2.45, 2.75) is 39.2 Å². The smallest absolute Gasteiger partial charge is 0.222 e. The Bertz CT molecular complexity index is 257. The van der Waals surface area contributed by atoms with E-state index in [9.17, 15) is 4.79 Å². The van der Waals surface area contributed by atoms with Crippen LogP contribution in [-0.2, 0) is 4.79 Å². The van der Waals surface area contributed by atoms with Crippen molar-refractivity contribution in [1.29, 1.82) is 0 Å². The molecule has 0 radical (unpaired) electrons. The molecule has 1 aliphatic rings. The fourth-order valence-corrected chi connectivity index (χ4v) is 1.97. The SMILES string of the molecule is C=CCCC(=O)N1CCC(N)C(C)(C)C1.Cl.Cl. The molecule has 1 atom stereocenters. The first kappa shape index (κ1) is 19.1. The zero-order valence-corrected chi connectivity index (χ0v) is 12.3. The van der Waals surface area contributed by atoms with Crippen LogP contribution in [0.4, 0.5) is 0 Å². The van der Waals surface area contributed by atoms with Crippen LogP contribution in [0.2, 0.25) is 0 Å². The summed E-state index contributed by atoms with van der Waals surface area (Å²) in [6.45, 7) is 9.47. The number of carbonyl (C=O) groups excluding carboxylic acids is 1. The molecular formula is C12H24Cl2N2O. The molecule has 1 unspecified atom stereocenters. The number of nitrogens with zero attached hydrogens (tertiary/aromatic N) is 1. The van der Waals surface area contributed by atoms with Crippen molar-refractivity contribution >= 4 is 30.7 Å². The normalized spacial score (nSPS) is 22.1. The Balaban J connectivity index is 0. The quantitative estimate of drug-likeness (QED) is 0.808. The van der Waals surface area contributed by atoms with Gasteiger partial charge in [0, 0.05) is 25.6 Å². The first-order valence-electron chi connectivity index (χ1n) is 5.61. The summed E-state index contributed by atoms with van der Waals surface area (Å²) >= 11 is 0. The molecule has 1 saturated heterocycles. The van der Waals surface area contributed by atoms with Crippen LogP contribution < -0.4 is 5.73 Å². The number of carbonyl (C=O) groups is 1. The van der Waals surface area contributed by atoms with Crippen molar-refractivity contribution in [3.8, 4) is 0 Å². The van der Waals surface area contributed by atoms with Gasteiger partial charge in [0.15, 0.2) is 0 Å². The van der Waals surface area contributed by atoms with Gasteiger partial charge in [-0.1, -0.05) is 19.9 Å². The molecule has 5 heteroatoms. The van der Waals surface area contributed by atoms with Gasteiger partial charge in [0.2, 0.25) is 5.91 Å². The van der Waals surface area contributed by atoms with Gasteiger partial charge in [-0.2, -0.15) is 0 Å². The largest absolute Gasteiger partial charge is 0.342 e. The number of allylic oxidation sites excluding steroid dienone is 1. The lowest BCUT2D eigenvalue weighted by molar-refractivity contribution is -0.134. The van der Waals surface area contributed by atoms with E-state index >= 15 is 0 Å². The number of piperidine rings is 1. The van der Waals surface area contributed by atoms with Gasteiger partial charge < -0.3 is 10.6 Å². The lowest BCUT2D eigenvalue weighted by Crippen LogP contribution is -2.53. The maximum Gasteiger partial charge on any atom is 0.222 e. The van der Waals surface area contributed by atoms with E-state index in [0.717, 1.165) is 25.9 Å². The molecule has 0 aromatic rings. The summed E-state index contributed by atoms with van der Waals surface area (Å²) < 4.78 is 0. The Morgan fingerprint density at radius 2 is 2.12 bits per heavy atom. The second kappa shape index (κ2) is 7.96. The van der Waals surface area contributed by atoms with Gasteiger partial charge in [0.25, 0.3) is 0 Å². The number of hydrogen-bond acceptors (Lipinski definition) is 2. The van der Waals surface area contributed by atoms with E-state index in [4.69, 9.17) is 5.73 Å². The maximum atomic E-state index is 11.8. The van der Waals surface area contributed by atoms with E-state index < -0.39 is 0 Å². The van der Waals surface area contributed by atoms with Crippen molar-refractivity contribution in [2.24, 2.45) is 11.1 Å². The molecule has 3 nitrogen and oxygen atoms in total. The summed E-state index contributed by atoms with van der Waals surface area (Å²) in [5, 5.41) is 0. The van der Waals surface area contributed by atoms with E-state index in [-0.39, 0.29) is 42.2 Å². The summed E-state index contributed by atoms with van der Waals surface area (Å²) in [7, 11) is 0. The van der Waals surface area contributed by atoms with E-state index in [0.29, 0.717) is 6.42 Å². The summed E-state index contributed by atoms with van der Waals surface area (Å²) in [6.07, 6.45) is 4.04. The Morgan fingerprint density at radius 1 is 1.53 bits per heavy atom. The average Bonchev–Trinajstić information content (AvgIpc) is 2.18. The van der Waals surface area contributed by atoms with Gasteiger partial charge >= 0.3 is 0 Å². The lowest BCUT2D eigenvalue weighted by atomic mass is 9.79. The van der Waals surface area contributed by atoms with Crippen LogP contribution in [0, 0.1) is 5.41 Å². The highest BCUT2D eigenvalue weighted by Crippen LogP contribution is 2.27. The zero-order valence-electron chi connectivity index (χ0n) is 10.6. The summed E-state index contributed by atoms with van der Waals surface area (Å²) in [4.78, 5) is 13.7. The average molecular weight is 283 g/mol. The minimum atomic E-state index is 0. The molecule has 1 aliphatic heterocycles. The summed E-state index contributed by atoms with van der Waals surface area (Å²) in [5.74, 6) is 0.231. The molecule has 0 aromatic carbocycles. The van der Waals surface area contributed by atoms with Crippen LogP contribution in [0.5, 0.6) is 0 Å². The number of rotatable bonds is 3. The number of likely N-dealkylation sites (tertiary alicyclic amines) is 1. The van der Waals surface area contributed by atoms with Crippen LogP contribution in [0.15, 0.2) is 12.7 Å². The molecule has 1 amide bonds. The second-order valence-electron chi connectivity index (χ2n) is 5.03. The molecule has 2 N–H and O–H groups in total. The Kier molecular flexibility index (Phi) is 8.94. The molecule has 1 heterocycles. The van der Waals surface area contributed by atoms with Crippen molar-refractivity contribution in [3.05, 3.63) is 12.7 Å². The Labute approximate surface area is 117 Å². The number of nitrogens with two attached hydrogens (primary N) is 1. The highest BCUT2D eigenvalue weighted by atomic mass is 35.5. The second-order valence-corrected chi connectivity index (χ2v) is 5.03. The summed E-state index contributed by atoms with van der Waals surface area (Å²) in [6, 6.07) is 0.209. The zero-order chi connectivity index (χ0) is 11.5. The standard InChI is InChI=1S/C12H22N2O.2ClH/c1-4-5-6-11(15)14-8-7-10(13)12(2,3)9-14;;/h4,10H,1,5-9,13H2,2-3H3;2*1H. The molecule has 0 bridgehead atoms. The van der Waals surface area contributed by atoms with Gasteiger partial charge in [-0.05, 0) is 18.3 Å². The predicted molar refractivity (Wildman–Crippen MR) is 76.9 cm³/mol. The minimum absolute atomic E-state index is 0. The van der Waals surface area contributed by atoms with Gasteiger partial charge in [-0.3, -0.25) is 4.79 Å². The number of amides is 1. The fourth-order valence-electron chi connectivity index (χ4n) is 1.97. The predicted octanol–water partition coefficient (Wildman–Crippen LogP) is 2.38. The molecule has 0 aromatic heterocycles. The van der Waals surface area contributed by atoms with E-state index in [1.807, 2.05) is 4.90 Å². The van der Waals surface area contributed by atoms with Crippen molar-refractivity contribution in [1.82, 2.24) is 4.90 Å². The van der Waals surface area contributed by atoms with E-state index in [1.54, 1.807) is 6.08 Å². The van der Waals surface area contributed by atoms with Gasteiger partial charge in [-0.25, -0.2) is 0 Å². The summed E-state index contributed by atoms with van der Waals surface area (Å²) in [5.41, 5.74) is 6.06. The molecule has 102 valence electrons. The third-order valence-corrected chi connectivity index (χ3v) is 3.23. The third-order valence-electron chi connectivity index (χ3n) is 3.23. The maximum absolute atomic E-state index is 11.8. The molecule has 17 heavy (non-hydrogen) atoms. The number of halogens is 2. The van der Waals surface area contributed by atoms with Crippen molar-refractivity contribution in [2.75, 3.05) is 13.1 Å². The first-order valence-corrected chi connectivity index (χ1v) is 5.61. The van der Waals surface area contributed by atoms with Crippen molar-refractivity contribution < 1.29 is 4.79 Å². The van der Waals surface area contributed by atoms with Crippen molar-refractivity contribution in [3.63, 3.8) is 0 Å². The number of hydrogen-bond donors (Lipinski definition) is 1. The van der Waals surface area contributed by atoms with Crippen LogP contribution in [0.3, 0.4) is 0 Å².